The number of benzene rings is 2. The van der Waals surface area contributed by atoms with E-state index in [4.69, 9.17) is 16.9 Å². The predicted octanol–water partition coefficient (Wildman–Crippen LogP) is 3.90. The molecule has 0 aliphatic rings. The average molecular weight is 385 g/mol. The van der Waals surface area contributed by atoms with Gasteiger partial charge in [-0.3, -0.25) is 25.8 Å². The first-order valence-electron chi connectivity index (χ1n) is 6.74. The molecule has 0 radical (unpaired) electrons. The van der Waals surface area contributed by atoms with Crippen LogP contribution in [0.25, 0.3) is 0 Å². The fraction of sp³-hybridized carbons (Fsp3) is 0.0667. The topological polar surface area (TPSA) is 108 Å². The van der Waals surface area contributed by atoms with Crippen LogP contribution in [0, 0.1) is 21.4 Å². The van der Waals surface area contributed by atoms with Crippen LogP contribution in [0.2, 0.25) is 5.02 Å². The van der Waals surface area contributed by atoms with Gasteiger partial charge in [-0.15, -0.1) is 0 Å². The first kappa shape index (κ1) is 19.0. The number of anilines is 1. The van der Waals surface area contributed by atoms with Gasteiger partial charge in [0.05, 0.1) is 27.8 Å². The zero-order valence-corrected chi connectivity index (χ0v) is 13.4. The van der Waals surface area contributed by atoms with Gasteiger partial charge in [0.1, 0.15) is 0 Å². The summed E-state index contributed by atoms with van der Waals surface area (Å²) in [4.78, 5) is 22.0. The molecule has 0 spiro atoms. The summed E-state index contributed by atoms with van der Waals surface area (Å²) in [5.74, 6) is -0.937. The summed E-state index contributed by atoms with van der Waals surface area (Å²) in [5.41, 5.74) is 1.56. The van der Waals surface area contributed by atoms with Crippen LogP contribution in [0.5, 0.6) is 0 Å². The lowest BCUT2D eigenvalue weighted by atomic mass is 10.1. The number of rotatable bonds is 4. The average Bonchev–Trinajstić information content (AvgIpc) is 2.58. The fourth-order valence-corrected chi connectivity index (χ4v) is 2.19. The van der Waals surface area contributed by atoms with Crippen LogP contribution in [0.3, 0.4) is 0 Å². The van der Waals surface area contributed by atoms with E-state index in [9.17, 15) is 28.1 Å². The maximum atomic E-state index is 13.1. The van der Waals surface area contributed by atoms with Crippen molar-refractivity contribution in [2.75, 3.05) is 5.43 Å². The number of nitriles is 1. The number of carbonyl (C=O) groups excluding carboxylic acids is 1. The van der Waals surface area contributed by atoms with Crippen LogP contribution in [-0.2, 0) is 6.18 Å². The highest BCUT2D eigenvalue weighted by molar-refractivity contribution is 6.31. The van der Waals surface area contributed by atoms with E-state index < -0.39 is 33.9 Å². The van der Waals surface area contributed by atoms with E-state index in [1.54, 1.807) is 6.07 Å². The van der Waals surface area contributed by atoms with Crippen molar-refractivity contribution in [2.45, 2.75) is 6.18 Å². The smallest absolute Gasteiger partial charge is 0.298 e. The highest BCUT2D eigenvalue weighted by atomic mass is 35.5. The van der Waals surface area contributed by atoms with Gasteiger partial charge in [0.2, 0.25) is 0 Å². The maximum Gasteiger partial charge on any atom is 0.418 e. The molecule has 134 valence electrons. The number of nitro groups is 1. The number of carbonyl (C=O) groups is 1. The molecule has 1 amide bonds. The lowest BCUT2D eigenvalue weighted by molar-refractivity contribution is -0.384. The summed E-state index contributed by atoms with van der Waals surface area (Å²) >= 11 is 5.69. The first-order valence-corrected chi connectivity index (χ1v) is 7.12. The number of hydrazine groups is 1. The van der Waals surface area contributed by atoms with Gasteiger partial charge in [0.25, 0.3) is 11.6 Å². The highest BCUT2D eigenvalue weighted by Crippen LogP contribution is 2.35. The van der Waals surface area contributed by atoms with Crippen molar-refractivity contribution < 1.29 is 22.9 Å². The molecule has 0 unspecified atom stereocenters. The van der Waals surface area contributed by atoms with Crippen molar-refractivity contribution in [1.29, 1.82) is 5.26 Å². The summed E-state index contributed by atoms with van der Waals surface area (Å²) in [6.45, 7) is 0. The van der Waals surface area contributed by atoms with E-state index in [2.05, 4.69) is 5.43 Å². The monoisotopic (exact) mass is 384 g/mol. The van der Waals surface area contributed by atoms with Gasteiger partial charge < -0.3 is 0 Å². The molecule has 0 aliphatic heterocycles. The Morgan fingerprint density at radius 2 is 1.92 bits per heavy atom. The molecule has 11 heteroatoms. The van der Waals surface area contributed by atoms with Crippen molar-refractivity contribution in [2.24, 2.45) is 0 Å². The lowest BCUT2D eigenvalue weighted by Crippen LogP contribution is -2.30. The van der Waals surface area contributed by atoms with Gasteiger partial charge >= 0.3 is 6.18 Å². The highest BCUT2D eigenvalue weighted by Gasteiger charge is 2.34. The molecule has 2 rings (SSSR count). The zero-order valence-electron chi connectivity index (χ0n) is 12.6. The number of non-ortho nitro benzene ring substituents is 1. The molecule has 0 atom stereocenters. The Morgan fingerprint density at radius 3 is 2.50 bits per heavy atom. The molecule has 2 aromatic rings. The van der Waals surface area contributed by atoms with Gasteiger partial charge in [-0.25, -0.2) is 0 Å². The molecule has 2 aromatic carbocycles. The Balaban J connectivity index is 2.25. The summed E-state index contributed by atoms with van der Waals surface area (Å²) < 4.78 is 39.2. The molecule has 0 bridgehead atoms. The number of nitro benzene ring substituents is 1. The molecular formula is C15H8ClF3N4O3. The number of nitrogens with one attached hydrogen (secondary N) is 2. The molecule has 0 aliphatic carbocycles. The molecule has 0 heterocycles. The molecule has 0 aromatic heterocycles. The SMILES string of the molecule is N#Cc1ccc(NNC(=O)c2cc(Cl)cc([N+](=O)[O-])c2)c(C(F)(F)F)c1. The first-order chi connectivity index (χ1) is 12.1. The summed E-state index contributed by atoms with van der Waals surface area (Å²) in [6, 6.07) is 7.38. The second kappa shape index (κ2) is 7.28. The van der Waals surface area contributed by atoms with Crippen molar-refractivity contribution in [3.63, 3.8) is 0 Å². The molecule has 0 fully saturated rings. The number of halogens is 4. The third-order valence-electron chi connectivity index (χ3n) is 3.12. The maximum absolute atomic E-state index is 13.1. The van der Waals surface area contributed by atoms with Gasteiger partial charge in [0, 0.05) is 22.7 Å². The van der Waals surface area contributed by atoms with Crippen LogP contribution in [0.4, 0.5) is 24.5 Å². The minimum Gasteiger partial charge on any atom is -0.298 e. The lowest BCUT2D eigenvalue weighted by Gasteiger charge is -2.15. The predicted molar refractivity (Wildman–Crippen MR) is 85.4 cm³/mol. The number of alkyl halides is 3. The number of hydrogen-bond donors (Lipinski definition) is 2. The van der Waals surface area contributed by atoms with Gasteiger partial charge in [-0.05, 0) is 24.3 Å². The van der Waals surface area contributed by atoms with E-state index in [1.807, 2.05) is 5.43 Å². The largest absolute Gasteiger partial charge is 0.418 e. The summed E-state index contributed by atoms with van der Waals surface area (Å²) in [6.07, 6.45) is -4.77. The van der Waals surface area contributed by atoms with Crippen LogP contribution in [-0.4, -0.2) is 10.8 Å². The van der Waals surface area contributed by atoms with Crippen molar-refractivity contribution >= 4 is 28.9 Å². The van der Waals surface area contributed by atoms with Gasteiger partial charge in [0.15, 0.2) is 0 Å². The Labute approximate surface area is 149 Å². The van der Waals surface area contributed by atoms with Crippen molar-refractivity contribution in [3.8, 4) is 6.07 Å². The van der Waals surface area contributed by atoms with Crippen LogP contribution in [0.15, 0.2) is 36.4 Å². The minimum atomic E-state index is -4.77. The molecule has 26 heavy (non-hydrogen) atoms. The van der Waals surface area contributed by atoms with E-state index in [0.717, 1.165) is 30.3 Å². The standard InChI is InChI=1S/C15H8ClF3N4O3/c16-10-4-9(5-11(6-10)23(25)26)14(24)22-21-13-2-1-8(7-20)3-12(13)15(17,18)19/h1-6,21H,(H,22,24). The molecule has 0 saturated carbocycles. The van der Waals surface area contributed by atoms with Crippen LogP contribution in [0.1, 0.15) is 21.5 Å². The molecule has 2 N–H and O–H groups in total. The normalized spacial score (nSPS) is 10.7. The Morgan fingerprint density at radius 1 is 1.23 bits per heavy atom. The van der Waals surface area contributed by atoms with Crippen LogP contribution >= 0.6 is 11.6 Å². The Bertz CT molecular complexity index is 925. The van der Waals surface area contributed by atoms with Crippen molar-refractivity contribution in [3.05, 3.63) is 68.2 Å². The molecular weight excluding hydrogens is 377 g/mol. The zero-order chi connectivity index (χ0) is 19.5. The molecule has 0 saturated heterocycles. The van der Waals surface area contributed by atoms with Crippen LogP contribution < -0.4 is 10.9 Å². The van der Waals surface area contributed by atoms with E-state index in [-0.39, 0.29) is 16.1 Å². The third-order valence-corrected chi connectivity index (χ3v) is 3.34. The Kier molecular flexibility index (Phi) is 5.33. The van der Waals surface area contributed by atoms with E-state index >= 15 is 0 Å². The number of nitrogens with zero attached hydrogens (tertiary/aromatic N) is 2. The van der Waals surface area contributed by atoms with E-state index in [0.29, 0.717) is 6.07 Å². The summed E-state index contributed by atoms with van der Waals surface area (Å²) in [7, 11) is 0. The second-order valence-electron chi connectivity index (χ2n) is 4.90. The van der Waals surface area contributed by atoms with Crippen molar-refractivity contribution in [1.82, 2.24) is 5.43 Å². The number of amides is 1. The quantitative estimate of drug-likeness (QED) is 0.614. The van der Waals surface area contributed by atoms with Gasteiger partial charge in [-0.2, -0.15) is 18.4 Å². The minimum absolute atomic E-state index is 0.0845. The third kappa shape index (κ3) is 4.40. The summed E-state index contributed by atoms with van der Waals surface area (Å²) in [5, 5.41) is 19.4. The molecule has 7 nitrogen and oxygen atoms in total. The second-order valence-corrected chi connectivity index (χ2v) is 5.34. The fourth-order valence-electron chi connectivity index (χ4n) is 1.96. The van der Waals surface area contributed by atoms with E-state index in [1.165, 1.54) is 0 Å². The number of hydrogen-bond acceptors (Lipinski definition) is 5. The van der Waals surface area contributed by atoms with Gasteiger partial charge in [-0.1, -0.05) is 11.6 Å². The Hall–Kier alpha value is -3.32.